The summed E-state index contributed by atoms with van der Waals surface area (Å²) in [6.07, 6.45) is 4.89. The van der Waals surface area contributed by atoms with Crippen LogP contribution in [0.5, 0.6) is 0 Å². The molecule has 2 saturated heterocycles. The number of pyridine rings is 1. The van der Waals surface area contributed by atoms with Gasteiger partial charge in [0.05, 0.1) is 17.2 Å². The third kappa shape index (κ3) is 2.83. The summed E-state index contributed by atoms with van der Waals surface area (Å²) >= 11 is 0. The fraction of sp³-hybridized carbons (Fsp3) is 0.615. The van der Waals surface area contributed by atoms with Crippen molar-refractivity contribution >= 4 is 21.3 Å². The second-order valence-electron chi connectivity index (χ2n) is 5.31. The van der Waals surface area contributed by atoms with E-state index in [9.17, 15) is 8.42 Å². The van der Waals surface area contributed by atoms with E-state index < -0.39 is 9.84 Å². The zero-order chi connectivity index (χ0) is 13.3. The van der Waals surface area contributed by atoms with Crippen molar-refractivity contribution in [2.45, 2.75) is 25.3 Å². The van der Waals surface area contributed by atoms with E-state index in [1.165, 1.54) is 12.8 Å². The number of nitrogens with one attached hydrogen (secondary N) is 1. The van der Waals surface area contributed by atoms with Gasteiger partial charge in [0, 0.05) is 25.3 Å². The molecule has 19 heavy (non-hydrogen) atoms. The van der Waals surface area contributed by atoms with Gasteiger partial charge in [0.15, 0.2) is 15.7 Å². The molecule has 0 amide bonds. The van der Waals surface area contributed by atoms with Gasteiger partial charge < -0.3 is 10.2 Å². The van der Waals surface area contributed by atoms with Crippen molar-refractivity contribution in [1.29, 1.82) is 0 Å². The summed E-state index contributed by atoms with van der Waals surface area (Å²) < 4.78 is 23.0. The first-order valence-corrected chi connectivity index (χ1v) is 8.63. The van der Waals surface area contributed by atoms with Crippen molar-refractivity contribution in [2.75, 3.05) is 34.8 Å². The summed E-state index contributed by atoms with van der Waals surface area (Å²) in [5.74, 6) is 1.50. The second kappa shape index (κ2) is 5.00. The van der Waals surface area contributed by atoms with E-state index in [0.717, 1.165) is 24.6 Å². The number of rotatable bonds is 3. The lowest BCUT2D eigenvalue weighted by Crippen LogP contribution is -2.25. The normalized spacial score (nSPS) is 25.7. The zero-order valence-electron chi connectivity index (χ0n) is 10.9. The maximum atomic E-state index is 11.5. The van der Waals surface area contributed by atoms with Gasteiger partial charge in [0.25, 0.3) is 0 Å². The Morgan fingerprint density at radius 2 is 2.11 bits per heavy atom. The van der Waals surface area contributed by atoms with Gasteiger partial charge in [-0.2, -0.15) is 0 Å². The quantitative estimate of drug-likeness (QED) is 0.904. The average molecular weight is 281 g/mol. The third-order valence-electron chi connectivity index (χ3n) is 3.78. The molecule has 1 aromatic heterocycles. The van der Waals surface area contributed by atoms with Gasteiger partial charge >= 0.3 is 0 Å². The predicted octanol–water partition coefficient (Wildman–Crippen LogP) is 1.28. The molecule has 104 valence electrons. The van der Waals surface area contributed by atoms with Crippen molar-refractivity contribution in [3.63, 3.8) is 0 Å². The van der Waals surface area contributed by atoms with E-state index in [0.29, 0.717) is 12.2 Å². The van der Waals surface area contributed by atoms with Gasteiger partial charge in [-0.3, -0.25) is 0 Å². The summed E-state index contributed by atoms with van der Waals surface area (Å²) in [5, 5.41) is 3.36. The fourth-order valence-electron chi connectivity index (χ4n) is 2.82. The lowest BCUT2D eigenvalue weighted by atomic mass is 10.2. The first-order chi connectivity index (χ1) is 9.14. The van der Waals surface area contributed by atoms with Crippen LogP contribution < -0.4 is 10.2 Å². The summed E-state index contributed by atoms with van der Waals surface area (Å²) in [6.45, 7) is 2.07. The fourth-order valence-corrected chi connectivity index (χ4v) is 4.49. The molecular weight excluding hydrogens is 262 g/mol. The van der Waals surface area contributed by atoms with Crippen molar-refractivity contribution in [1.82, 2.24) is 4.98 Å². The van der Waals surface area contributed by atoms with E-state index in [1.54, 1.807) is 6.20 Å². The molecular formula is C13H19N3O2S. The predicted molar refractivity (Wildman–Crippen MR) is 76.4 cm³/mol. The van der Waals surface area contributed by atoms with Crippen LogP contribution in [0.1, 0.15) is 19.3 Å². The number of hydrogen-bond donors (Lipinski definition) is 1. The highest BCUT2D eigenvalue weighted by Gasteiger charge is 2.28. The Kier molecular flexibility index (Phi) is 3.35. The van der Waals surface area contributed by atoms with Gasteiger partial charge in [0.2, 0.25) is 0 Å². The smallest absolute Gasteiger partial charge is 0.152 e. The van der Waals surface area contributed by atoms with Crippen LogP contribution in [0.3, 0.4) is 0 Å². The van der Waals surface area contributed by atoms with Crippen molar-refractivity contribution in [2.24, 2.45) is 0 Å². The van der Waals surface area contributed by atoms with Crippen molar-refractivity contribution in [3.8, 4) is 0 Å². The Morgan fingerprint density at radius 1 is 1.32 bits per heavy atom. The highest BCUT2D eigenvalue weighted by atomic mass is 32.2. The van der Waals surface area contributed by atoms with E-state index in [2.05, 4.69) is 15.2 Å². The third-order valence-corrected chi connectivity index (χ3v) is 5.55. The molecule has 3 rings (SSSR count). The largest absolute Gasteiger partial charge is 0.378 e. The monoisotopic (exact) mass is 281 g/mol. The molecule has 0 spiro atoms. The molecule has 1 aromatic rings. The Labute approximate surface area is 113 Å². The van der Waals surface area contributed by atoms with Gasteiger partial charge in [0.1, 0.15) is 0 Å². The van der Waals surface area contributed by atoms with Crippen LogP contribution >= 0.6 is 0 Å². The molecule has 0 aliphatic carbocycles. The second-order valence-corrected chi connectivity index (χ2v) is 7.54. The topological polar surface area (TPSA) is 62.3 Å². The first-order valence-electron chi connectivity index (χ1n) is 6.81. The Hall–Kier alpha value is -1.30. The highest BCUT2D eigenvalue weighted by Crippen LogP contribution is 2.28. The van der Waals surface area contributed by atoms with Crippen LogP contribution in [0.25, 0.3) is 0 Å². The lowest BCUT2D eigenvalue weighted by Gasteiger charge is -2.22. The summed E-state index contributed by atoms with van der Waals surface area (Å²) in [4.78, 5) is 6.72. The molecule has 0 saturated carbocycles. The average Bonchev–Trinajstić information content (AvgIpc) is 3.00. The number of hydrogen-bond acceptors (Lipinski definition) is 5. The maximum Gasteiger partial charge on any atom is 0.152 e. The maximum absolute atomic E-state index is 11.5. The minimum absolute atomic E-state index is 0.0237. The van der Waals surface area contributed by atoms with Crippen molar-refractivity contribution in [3.05, 3.63) is 18.3 Å². The van der Waals surface area contributed by atoms with Gasteiger partial charge in [-0.25, -0.2) is 13.4 Å². The van der Waals surface area contributed by atoms with E-state index in [1.807, 2.05) is 12.1 Å². The molecule has 2 fully saturated rings. The Morgan fingerprint density at radius 3 is 2.79 bits per heavy atom. The molecule has 1 unspecified atom stereocenters. The van der Waals surface area contributed by atoms with Crippen LogP contribution in [0, 0.1) is 0 Å². The molecule has 2 aliphatic rings. The zero-order valence-corrected chi connectivity index (χ0v) is 11.7. The molecule has 0 aromatic carbocycles. The molecule has 1 N–H and O–H groups in total. The van der Waals surface area contributed by atoms with Crippen LogP contribution in [-0.4, -0.2) is 44.0 Å². The number of anilines is 2. The van der Waals surface area contributed by atoms with Gasteiger partial charge in [-0.1, -0.05) is 0 Å². The number of nitrogens with zero attached hydrogens (tertiary/aromatic N) is 2. The SMILES string of the molecule is O=S1(=O)CCC(Nc2cccnc2N2CCCC2)C1. The molecule has 2 aliphatic heterocycles. The minimum Gasteiger partial charge on any atom is -0.378 e. The summed E-state index contributed by atoms with van der Waals surface area (Å²) in [7, 11) is -2.84. The standard InChI is InChI=1S/C13H19N3O2S/c17-19(18)9-5-11(10-19)15-12-4-3-6-14-13(12)16-7-1-2-8-16/h3-4,6,11,15H,1-2,5,7-10H2. The molecule has 0 bridgehead atoms. The summed E-state index contributed by atoms with van der Waals surface area (Å²) in [6, 6.07) is 3.91. The van der Waals surface area contributed by atoms with Crippen LogP contribution in [0.15, 0.2) is 18.3 Å². The van der Waals surface area contributed by atoms with Crippen LogP contribution in [-0.2, 0) is 9.84 Å². The number of sulfone groups is 1. The molecule has 5 nitrogen and oxygen atoms in total. The lowest BCUT2D eigenvalue weighted by molar-refractivity contribution is 0.602. The van der Waals surface area contributed by atoms with Crippen molar-refractivity contribution < 1.29 is 8.42 Å². The highest BCUT2D eigenvalue weighted by molar-refractivity contribution is 7.91. The van der Waals surface area contributed by atoms with E-state index in [4.69, 9.17) is 0 Å². The molecule has 3 heterocycles. The van der Waals surface area contributed by atoms with Crippen LogP contribution in [0.4, 0.5) is 11.5 Å². The van der Waals surface area contributed by atoms with Gasteiger partial charge in [-0.05, 0) is 31.4 Å². The molecule has 6 heteroatoms. The van der Waals surface area contributed by atoms with Crippen LogP contribution in [0.2, 0.25) is 0 Å². The van der Waals surface area contributed by atoms with Gasteiger partial charge in [-0.15, -0.1) is 0 Å². The minimum atomic E-state index is -2.84. The Bertz CT molecular complexity index is 553. The molecule has 0 radical (unpaired) electrons. The summed E-state index contributed by atoms with van der Waals surface area (Å²) in [5.41, 5.74) is 0.964. The van der Waals surface area contributed by atoms with E-state index >= 15 is 0 Å². The number of aromatic nitrogens is 1. The van der Waals surface area contributed by atoms with E-state index in [-0.39, 0.29) is 11.8 Å². The Balaban J connectivity index is 1.77. The first kappa shape index (κ1) is 12.7. The molecule has 1 atom stereocenters.